The summed E-state index contributed by atoms with van der Waals surface area (Å²) in [6.45, 7) is 10.1. The third-order valence-corrected chi connectivity index (χ3v) is 5.46. The summed E-state index contributed by atoms with van der Waals surface area (Å²) < 4.78 is 16.2. The van der Waals surface area contributed by atoms with Gasteiger partial charge in [0.15, 0.2) is 11.5 Å². The molecule has 156 valence electrons. The van der Waals surface area contributed by atoms with Crippen LogP contribution in [-0.2, 0) is 6.42 Å². The Morgan fingerprint density at radius 1 is 1.20 bits per heavy atom. The zero-order valence-electron chi connectivity index (χ0n) is 17.2. The molecular weight excluding hydrogens is 380 g/mol. The summed E-state index contributed by atoms with van der Waals surface area (Å²) in [7, 11) is 0. The van der Waals surface area contributed by atoms with Crippen LogP contribution in [0.25, 0.3) is 0 Å². The molecule has 6 heteroatoms. The number of rotatable bonds is 7. The fourth-order valence-corrected chi connectivity index (χ4v) is 4.16. The second-order valence-electron chi connectivity index (χ2n) is 7.75. The SMILES string of the molecule is C=CC[C@@H]1CC(C)=C[C@@H](CC=C)N1C(=O)c1cc(Cc2ccc3c(c2)OCO3)no1. The summed E-state index contributed by atoms with van der Waals surface area (Å²) in [6, 6.07) is 7.50. The molecule has 6 nitrogen and oxygen atoms in total. The fourth-order valence-electron chi connectivity index (χ4n) is 4.16. The van der Waals surface area contributed by atoms with Crippen LogP contribution in [0.15, 0.2) is 65.7 Å². The molecule has 0 N–H and O–H groups in total. The zero-order valence-corrected chi connectivity index (χ0v) is 17.2. The number of carbonyl (C=O) groups is 1. The Morgan fingerprint density at radius 3 is 2.80 bits per heavy atom. The number of benzene rings is 1. The van der Waals surface area contributed by atoms with E-state index in [4.69, 9.17) is 14.0 Å². The predicted octanol–water partition coefficient (Wildman–Crippen LogP) is 4.68. The highest BCUT2D eigenvalue weighted by Crippen LogP contribution is 2.33. The van der Waals surface area contributed by atoms with Crippen LogP contribution < -0.4 is 9.47 Å². The average molecular weight is 406 g/mol. The molecule has 0 unspecified atom stereocenters. The third kappa shape index (κ3) is 4.03. The number of ether oxygens (including phenoxy) is 2. The fraction of sp³-hybridized carbons (Fsp3) is 0.333. The van der Waals surface area contributed by atoms with Crippen molar-refractivity contribution in [2.75, 3.05) is 6.79 Å². The van der Waals surface area contributed by atoms with E-state index in [0.717, 1.165) is 29.9 Å². The third-order valence-electron chi connectivity index (χ3n) is 5.46. The van der Waals surface area contributed by atoms with Crippen molar-refractivity contribution < 1.29 is 18.8 Å². The maximum Gasteiger partial charge on any atom is 0.293 e. The highest BCUT2D eigenvalue weighted by atomic mass is 16.7. The number of hydrogen-bond acceptors (Lipinski definition) is 5. The number of carbonyl (C=O) groups excluding carboxylic acids is 1. The van der Waals surface area contributed by atoms with Crippen molar-refractivity contribution in [1.29, 1.82) is 0 Å². The van der Waals surface area contributed by atoms with Gasteiger partial charge in [0, 0.05) is 18.5 Å². The van der Waals surface area contributed by atoms with Gasteiger partial charge in [0.2, 0.25) is 12.6 Å². The monoisotopic (exact) mass is 406 g/mol. The largest absolute Gasteiger partial charge is 0.454 e. The van der Waals surface area contributed by atoms with Crippen molar-refractivity contribution in [3.63, 3.8) is 0 Å². The van der Waals surface area contributed by atoms with Gasteiger partial charge in [0.05, 0.1) is 11.7 Å². The molecule has 2 aliphatic heterocycles. The highest BCUT2D eigenvalue weighted by molar-refractivity contribution is 5.92. The van der Waals surface area contributed by atoms with Gasteiger partial charge < -0.3 is 18.9 Å². The molecule has 4 rings (SSSR count). The molecule has 2 atom stereocenters. The van der Waals surface area contributed by atoms with Crippen molar-refractivity contribution in [1.82, 2.24) is 10.1 Å². The highest BCUT2D eigenvalue weighted by Gasteiger charge is 2.34. The van der Waals surface area contributed by atoms with Crippen LogP contribution in [-0.4, -0.2) is 34.8 Å². The maximum absolute atomic E-state index is 13.4. The number of hydrogen-bond donors (Lipinski definition) is 0. The van der Waals surface area contributed by atoms with Crippen LogP contribution in [0.1, 0.15) is 48.0 Å². The second-order valence-corrected chi connectivity index (χ2v) is 7.75. The molecule has 0 fully saturated rings. The Balaban J connectivity index is 1.54. The van der Waals surface area contributed by atoms with Gasteiger partial charge >= 0.3 is 0 Å². The lowest BCUT2D eigenvalue weighted by molar-refractivity contribution is 0.0558. The molecule has 0 saturated carbocycles. The molecular formula is C24H26N2O4. The standard InChI is InChI=1S/C24H26N2O4/c1-4-6-19-10-16(3)11-20(7-5-2)26(19)24(27)23-14-18(25-30-23)12-17-8-9-21-22(13-17)29-15-28-21/h4-5,8-10,13-14,19-20H,1-2,6-7,11-12,15H2,3H3/t19-,20-/m1/s1. The van der Waals surface area contributed by atoms with Gasteiger partial charge in [0.1, 0.15) is 0 Å². The molecule has 1 aromatic carbocycles. The lowest BCUT2D eigenvalue weighted by Gasteiger charge is -2.39. The van der Waals surface area contributed by atoms with Crippen LogP contribution in [0.3, 0.4) is 0 Å². The summed E-state index contributed by atoms with van der Waals surface area (Å²) in [6.07, 6.45) is 8.62. The Morgan fingerprint density at radius 2 is 2.00 bits per heavy atom. The van der Waals surface area contributed by atoms with Crippen LogP contribution in [0.5, 0.6) is 11.5 Å². The Kier molecular flexibility index (Phi) is 5.74. The molecule has 3 heterocycles. The van der Waals surface area contributed by atoms with E-state index < -0.39 is 0 Å². The van der Waals surface area contributed by atoms with Crippen molar-refractivity contribution in [2.24, 2.45) is 0 Å². The average Bonchev–Trinajstić information content (AvgIpc) is 3.37. The van der Waals surface area contributed by atoms with Crippen molar-refractivity contribution in [3.8, 4) is 11.5 Å². The van der Waals surface area contributed by atoms with Gasteiger partial charge in [-0.2, -0.15) is 0 Å². The number of nitrogens with zero attached hydrogens (tertiary/aromatic N) is 2. The van der Waals surface area contributed by atoms with Crippen molar-refractivity contribution in [3.05, 3.63) is 78.2 Å². The summed E-state index contributed by atoms with van der Waals surface area (Å²) in [5.74, 6) is 1.57. The van der Waals surface area contributed by atoms with Crippen LogP contribution in [0, 0.1) is 0 Å². The molecule has 30 heavy (non-hydrogen) atoms. The Labute approximate surface area is 176 Å². The van der Waals surface area contributed by atoms with Gasteiger partial charge in [-0.1, -0.05) is 35.0 Å². The molecule has 1 aromatic heterocycles. The molecule has 0 bridgehead atoms. The molecule has 0 radical (unpaired) electrons. The Hall–Kier alpha value is -3.28. The maximum atomic E-state index is 13.4. The lowest BCUT2D eigenvalue weighted by Crippen LogP contribution is -2.48. The topological polar surface area (TPSA) is 64.8 Å². The van der Waals surface area contributed by atoms with E-state index in [1.54, 1.807) is 6.07 Å². The molecule has 0 saturated heterocycles. The minimum absolute atomic E-state index is 0.0453. The van der Waals surface area contributed by atoms with Crippen LogP contribution in [0.4, 0.5) is 0 Å². The normalized spacial score (nSPS) is 20.0. The van der Waals surface area contributed by atoms with Crippen LogP contribution in [0.2, 0.25) is 0 Å². The minimum atomic E-state index is -0.151. The smallest absolute Gasteiger partial charge is 0.293 e. The zero-order chi connectivity index (χ0) is 21.1. The first-order valence-electron chi connectivity index (χ1n) is 10.1. The second kappa shape index (κ2) is 8.61. The number of amides is 1. The first kappa shape index (κ1) is 20.0. The van der Waals surface area contributed by atoms with E-state index in [0.29, 0.717) is 18.5 Å². The molecule has 0 spiro atoms. The van der Waals surface area contributed by atoms with Crippen LogP contribution >= 0.6 is 0 Å². The molecule has 2 aromatic rings. The van der Waals surface area contributed by atoms with E-state index in [2.05, 4.69) is 31.3 Å². The first-order chi connectivity index (χ1) is 14.6. The lowest BCUT2D eigenvalue weighted by atomic mass is 9.92. The van der Waals surface area contributed by atoms with E-state index in [9.17, 15) is 4.79 Å². The Bertz CT molecular complexity index is 991. The predicted molar refractivity (Wildman–Crippen MR) is 114 cm³/mol. The van der Waals surface area contributed by atoms with E-state index in [1.807, 2.05) is 35.3 Å². The van der Waals surface area contributed by atoms with E-state index in [-0.39, 0.29) is 30.5 Å². The van der Waals surface area contributed by atoms with Gasteiger partial charge in [-0.3, -0.25) is 4.79 Å². The van der Waals surface area contributed by atoms with E-state index in [1.165, 1.54) is 5.57 Å². The molecule has 2 aliphatic rings. The molecule has 0 aliphatic carbocycles. The number of aromatic nitrogens is 1. The van der Waals surface area contributed by atoms with E-state index >= 15 is 0 Å². The minimum Gasteiger partial charge on any atom is -0.454 e. The van der Waals surface area contributed by atoms with Crippen molar-refractivity contribution in [2.45, 2.75) is 44.7 Å². The van der Waals surface area contributed by atoms with Gasteiger partial charge in [-0.25, -0.2) is 0 Å². The van der Waals surface area contributed by atoms with Crippen molar-refractivity contribution >= 4 is 5.91 Å². The first-order valence-corrected chi connectivity index (χ1v) is 10.1. The summed E-state index contributed by atoms with van der Waals surface area (Å²) >= 11 is 0. The quantitative estimate of drug-likeness (QED) is 0.625. The van der Waals surface area contributed by atoms with Gasteiger partial charge in [-0.05, 0) is 43.9 Å². The summed E-state index contributed by atoms with van der Waals surface area (Å²) in [5.41, 5.74) is 2.98. The molecule has 1 amide bonds. The summed E-state index contributed by atoms with van der Waals surface area (Å²) in [4.78, 5) is 15.2. The number of fused-ring (bicyclic) bond motifs is 1. The van der Waals surface area contributed by atoms with Gasteiger partial charge in [-0.15, -0.1) is 13.2 Å². The van der Waals surface area contributed by atoms with Gasteiger partial charge in [0.25, 0.3) is 5.91 Å². The summed E-state index contributed by atoms with van der Waals surface area (Å²) in [5, 5.41) is 4.13.